The number of halogens is 2. The van der Waals surface area contributed by atoms with Gasteiger partial charge < -0.3 is 29.1 Å². The summed E-state index contributed by atoms with van der Waals surface area (Å²) in [5.41, 5.74) is 0.989. The highest BCUT2D eigenvalue weighted by atomic mass is 32.2. The first-order valence-electron chi connectivity index (χ1n) is 17.0. The van der Waals surface area contributed by atoms with Crippen LogP contribution in [0.1, 0.15) is 52.5 Å². The number of aliphatic hydroxyl groups is 1. The molecule has 268 valence electrons. The van der Waals surface area contributed by atoms with Crippen LogP contribution in [0, 0.1) is 41.2 Å². The van der Waals surface area contributed by atoms with Gasteiger partial charge in [0.2, 0.25) is 10.0 Å². The van der Waals surface area contributed by atoms with Crippen LogP contribution < -0.4 is 5.32 Å². The van der Waals surface area contributed by atoms with E-state index < -0.39 is 39.6 Å². The molecule has 7 atom stereocenters. The molecule has 1 saturated carbocycles. The number of rotatable bonds is 14. The molecular weight excluding hydrogens is 660 g/mol. The van der Waals surface area contributed by atoms with Crippen LogP contribution in [0.4, 0.5) is 14.8 Å². The van der Waals surface area contributed by atoms with Gasteiger partial charge >= 0.3 is 5.97 Å². The summed E-state index contributed by atoms with van der Waals surface area (Å²) in [6.07, 6.45) is -0.977. The van der Waals surface area contributed by atoms with E-state index in [-0.39, 0.29) is 90.1 Å². The minimum Gasteiger partial charge on any atom is -0.462 e. The molecule has 6 rings (SSSR count). The van der Waals surface area contributed by atoms with E-state index in [0.29, 0.717) is 25.2 Å². The number of ether oxygens (including phenoxy) is 3. The van der Waals surface area contributed by atoms with E-state index in [9.17, 15) is 27.1 Å². The van der Waals surface area contributed by atoms with Gasteiger partial charge in [-0.2, -0.15) is 9.29 Å². The topological polar surface area (TPSA) is 140 Å². The molecule has 2 N–H and O–H groups in total. The van der Waals surface area contributed by atoms with Crippen LogP contribution in [0.3, 0.4) is 0 Å². The number of benzene rings is 2. The van der Waals surface area contributed by atoms with Crippen LogP contribution in [-0.2, 0) is 35.4 Å². The summed E-state index contributed by atoms with van der Waals surface area (Å²) in [5, 5.41) is 14.7. The highest BCUT2D eigenvalue weighted by molar-refractivity contribution is 7.89. The Morgan fingerprint density at radius 2 is 1.86 bits per heavy atom. The fourth-order valence-corrected chi connectivity index (χ4v) is 9.16. The number of nitrogens with one attached hydrogen (secondary N) is 1. The molecule has 3 unspecified atom stereocenters. The average molecular weight is 706 g/mol. The van der Waals surface area contributed by atoms with Gasteiger partial charge in [0.15, 0.2) is 11.9 Å². The fourth-order valence-electron chi connectivity index (χ4n) is 7.52. The first-order valence-corrected chi connectivity index (χ1v) is 18.4. The molecule has 2 saturated heterocycles. The van der Waals surface area contributed by atoms with Crippen molar-refractivity contribution < 1.29 is 45.7 Å². The zero-order chi connectivity index (χ0) is 35.0. The van der Waals surface area contributed by atoms with Crippen molar-refractivity contribution in [3.05, 3.63) is 53.6 Å². The second-order valence-electron chi connectivity index (χ2n) is 14.3. The Labute approximate surface area is 285 Å². The number of hydrogen-bond donors (Lipinski definition) is 2. The number of anilines is 1. The Kier molecular flexibility index (Phi) is 10.6. The van der Waals surface area contributed by atoms with E-state index in [1.807, 2.05) is 27.7 Å². The smallest absolute Gasteiger partial charge is 0.306 e. The Balaban J connectivity index is 1.22. The van der Waals surface area contributed by atoms with Gasteiger partial charge in [-0.3, -0.25) is 4.79 Å². The number of oxazole rings is 1. The molecule has 14 heteroatoms. The second-order valence-corrected chi connectivity index (χ2v) is 16.2. The second kappa shape index (κ2) is 14.6. The number of esters is 1. The summed E-state index contributed by atoms with van der Waals surface area (Å²) in [6.45, 7) is 8.32. The van der Waals surface area contributed by atoms with Crippen LogP contribution in [0.5, 0.6) is 0 Å². The molecule has 0 spiro atoms. The Morgan fingerprint density at radius 1 is 1.10 bits per heavy atom. The maximum Gasteiger partial charge on any atom is 0.306 e. The van der Waals surface area contributed by atoms with Crippen LogP contribution in [-0.4, -0.2) is 79.6 Å². The maximum atomic E-state index is 14.2. The van der Waals surface area contributed by atoms with Crippen LogP contribution >= 0.6 is 0 Å². The van der Waals surface area contributed by atoms with Gasteiger partial charge in [-0.05, 0) is 74.8 Å². The molecule has 3 aliphatic rings. The zero-order valence-corrected chi connectivity index (χ0v) is 29.0. The molecule has 49 heavy (non-hydrogen) atoms. The third-order valence-electron chi connectivity index (χ3n) is 9.62. The van der Waals surface area contributed by atoms with Gasteiger partial charge in [-0.15, -0.1) is 0 Å². The molecular formula is C35H45F2N3O8S. The van der Waals surface area contributed by atoms with Crippen LogP contribution in [0.25, 0.3) is 11.1 Å². The summed E-state index contributed by atoms with van der Waals surface area (Å²) < 4.78 is 81.0. The van der Waals surface area contributed by atoms with Crippen molar-refractivity contribution in [2.75, 3.05) is 31.6 Å². The number of nitrogens with zero attached hydrogens (tertiary/aromatic N) is 2. The molecule has 1 aromatic heterocycles. The first kappa shape index (κ1) is 35.6. The highest BCUT2D eigenvalue weighted by Crippen LogP contribution is 2.50. The Bertz CT molecular complexity index is 1730. The number of aliphatic hydroxyl groups excluding tert-OH is 1. The van der Waals surface area contributed by atoms with E-state index >= 15 is 0 Å². The number of carbonyl (C=O) groups excluding carboxylic acids is 1. The quantitative estimate of drug-likeness (QED) is 0.217. The third-order valence-corrected chi connectivity index (χ3v) is 11.4. The van der Waals surface area contributed by atoms with E-state index in [1.54, 1.807) is 6.07 Å². The molecule has 2 aromatic carbocycles. The standard InChI is InChI=1S/C35H45F2N3O8S/c1-19(2)16-40(49(43,44)26-5-6-28-31(15-26)48-35(39-28)38-20(3)4)17-29(41)22(9-21-10-24(36)14-25(37)11-21)13-32(42)47-30-12-23-18-46-34-33(23)27(30)7-8-45-34/h5-6,10-11,14-15,19-20,22-23,27,29-30,33-34,41H,7-9,12-13,16-18H2,1-4H3,(H,38,39)/t22?,23?,27?,29-,30+,33-,34-/m1/s1. The number of hydrogen-bond acceptors (Lipinski definition) is 10. The predicted molar refractivity (Wildman–Crippen MR) is 176 cm³/mol. The number of carbonyl (C=O) groups is 1. The summed E-state index contributed by atoms with van der Waals surface area (Å²) in [5.74, 6) is -2.69. The lowest BCUT2D eigenvalue weighted by atomic mass is 9.86. The highest BCUT2D eigenvalue weighted by Gasteiger charge is 2.55. The zero-order valence-electron chi connectivity index (χ0n) is 28.2. The van der Waals surface area contributed by atoms with E-state index in [1.165, 1.54) is 16.4 Å². The molecule has 0 radical (unpaired) electrons. The van der Waals surface area contributed by atoms with Gasteiger partial charge in [0, 0.05) is 49.0 Å². The van der Waals surface area contributed by atoms with Crippen molar-refractivity contribution in [3.63, 3.8) is 0 Å². The molecule has 3 fully saturated rings. The first-order chi connectivity index (χ1) is 23.3. The van der Waals surface area contributed by atoms with E-state index in [2.05, 4.69) is 10.3 Å². The lowest BCUT2D eigenvalue weighted by Gasteiger charge is -2.33. The molecule has 1 aliphatic carbocycles. The maximum absolute atomic E-state index is 14.2. The van der Waals surface area contributed by atoms with Crippen molar-refractivity contribution in [2.24, 2.45) is 29.6 Å². The lowest BCUT2D eigenvalue weighted by molar-refractivity contribution is -0.182. The van der Waals surface area contributed by atoms with Crippen molar-refractivity contribution in [2.45, 2.75) is 82.8 Å². The lowest BCUT2D eigenvalue weighted by Crippen LogP contribution is -2.43. The van der Waals surface area contributed by atoms with Crippen molar-refractivity contribution in [1.82, 2.24) is 9.29 Å². The summed E-state index contributed by atoms with van der Waals surface area (Å²) >= 11 is 0. The SMILES string of the molecule is CC(C)CN(C[C@@H](O)C(CC(=O)O[C@H]1CC2CO[C@H]3OCCC1[C@@H]23)Cc1cc(F)cc(F)c1)S(=O)(=O)c1ccc2nc(NC(C)C)oc2c1. The summed E-state index contributed by atoms with van der Waals surface area (Å²) in [6, 6.07) is 7.75. The average Bonchev–Trinajstić information content (AvgIpc) is 3.71. The molecule has 3 heterocycles. The summed E-state index contributed by atoms with van der Waals surface area (Å²) in [7, 11) is -4.18. The van der Waals surface area contributed by atoms with Crippen molar-refractivity contribution >= 4 is 33.1 Å². The van der Waals surface area contributed by atoms with Crippen molar-refractivity contribution in [1.29, 1.82) is 0 Å². The van der Waals surface area contributed by atoms with Crippen LogP contribution in [0.15, 0.2) is 45.7 Å². The fraction of sp³-hybridized carbons (Fsp3) is 0.600. The van der Waals surface area contributed by atoms with Crippen LogP contribution in [0.2, 0.25) is 0 Å². The molecule has 2 aliphatic heterocycles. The normalized spacial score (nSPS) is 24.9. The number of sulfonamides is 1. The van der Waals surface area contributed by atoms with Gasteiger partial charge in [0.05, 0.1) is 30.6 Å². The monoisotopic (exact) mass is 705 g/mol. The minimum atomic E-state index is -4.18. The van der Waals surface area contributed by atoms with Gasteiger partial charge in [-0.1, -0.05) is 13.8 Å². The molecule has 3 aromatic rings. The van der Waals surface area contributed by atoms with Crippen molar-refractivity contribution in [3.8, 4) is 0 Å². The number of aromatic nitrogens is 1. The molecule has 11 nitrogen and oxygen atoms in total. The third kappa shape index (κ3) is 8.09. The van der Waals surface area contributed by atoms with E-state index in [0.717, 1.165) is 24.6 Å². The molecule has 0 bridgehead atoms. The Hall–Kier alpha value is -3.17. The molecule has 0 amide bonds. The summed E-state index contributed by atoms with van der Waals surface area (Å²) in [4.78, 5) is 17.8. The van der Waals surface area contributed by atoms with Gasteiger partial charge in [-0.25, -0.2) is 17.2 Å². The van der Waals surface area contributed by atoms with Gasteiger partial charge in [0.1, 0.15) is 23.3 Å². The van der Waals surface area contributed by atoms with E-state index in [4.69, 9.17) is 18.6 Å². The Morgan fingerprint density at radius 3 is 2.57 bits per heavy atom. The number of fused-ring (bicyclic) bond motifs is 1. The van der Waals surface area contributed by atoms with Gasteiger partial charge in [0.25, 0.3) is 6.01 Å². The minimum absolute atomic E-state index is 0.0474. The predicted octanol–water partition coefficient (Wildman–Crippen LogP) is 5.12. The largest absolute Gasteiger partial charge is 0.462 e.